The molecule has 0 radical (unpaired) electrons. The number of nitrogens with zero attached hydrogens (tertiary/aromatic N) is 5. The van der Waals surface area contributed by atoms with Crippen LogP contribution < -0.4 is 16.2 Å². The molecular weight excluding hydrogens is 356 g/mol. The van der Waals surface area contributed by atoms with E-state index in [9.17, 15) is 4.79 Å². The van der Waals surface area contributed by atoms with E-state index in [1.54, 1.807) is 24.0 Å². The molecule has 2 saturated heterocycles. The predicted octanol–water partition coefficient (Wildman–Crippen LogP) is 0.470. The first-order valence-electron chi connectivity index (χ1n) is 9.72. The highest BCUT2D eigenvalue weighted by Gasteiger charge is 2.44. The molecule has 0 aromatic carbocycles. The third-order valence-electron chi connectivity index (χ3n) is 6.44. The summed E-state index contributed by atoms with van der Waals surface area (Å²) in [6.07, 6.45) is 5.34. The summed E-state index contributed by atoms with van der Waals surface area (Å²) in [6, 6.07) is 3.85. The number of pyridine rings is 1. The van der Waals surface area contributed by atoms with Crippen molar-refractivity contribution < 1.29 is 4.74 Å². The van der Waals surface area contributed by atoms with Crippen LogP contribution in [0.4, 0.5) is 5.95 Å². The molecule has 1 atom stereocenters. The molecule has 28 heavy (non-hydrogen) atoms. The smallest absolute Gasteiger partial charge is 0.264 e. The lowest BCUT2D eigenvalue weighted by molar-refractivity contribution is 0.131. The van der Waals surface area contributed by atoms with E-state index in [1.165, 1.54) is 0 Å². The Hall–Kier alpha value is -2.58. The lowest BCUT2D eigenvalue weighted by Crippen LogP contribution is -2.50. The van der Waals surface area contributed by atoms with E-state index >= 15 is 0 Å². The van der Waals surface area contributed by atoms with Gasteiger partial charge in [0.25, 0.3) is 5.56 Å². The third-order valence-corrected chi connectivity index (χ3v) is 6.44. The molecular formula is C20H24N6O2. The number of hydrogen-bond acceptors (Lipinski definition) is 7. The van der Waals surface area contributed by atoms with Gasteiger partial charge >= 0.3 is 0 Å². The number of aromatic nitrogens is 3. The summed E-state index contributed by atoms with van der Waals surface area (Å²) in [6.45, 7) is 3.47. The van der Waals surface area contributed by atoms with Crippen LogP contribution in [0.2, 0.25) is 0 Å². The number of hydrogen-bond donors (Lipinski definition) is 1. The summed E-state index contributed by atoms with van der Waals surface area (Å²) in [5.74, 6) is 0.720. The number of aliphatic imine (C=N–C) groups is 1. The summed E-state index contributed by atoms with van der Waals surface area (Å²) in [4.78, 5) is 28.8. The van der Waals surface area contributed by atoms with Gasteiger partial charge in [0.2, 0.25) is 5.95 Å². The van der Waals surface area contributed by atoms with Crippen LogP contribution in [0.1, 0.15) is 29.7 Å². The van der Waals surface area contributed by atoms with E-state index in [2.05, 4.69) is 14.9 Å². The highest BCUT2D eigenvalue weighted by atomic mass is 16.5. The van der Waals surface area contributed by atoms with E-state index in [0.717, 1.165) is 49.7 Å². The van der Waals surface area contributed by atoms with Gasteiger partial charge in [-0.25, -0.2) is 4.98 Å². The van der Waals surface area contributed by atoms with Gasteiger partial charge in [-0.1, -0.05) is 0 Å². The molecule has 146 valence electrons. The Morgan fingerprint density at radius 3 is 2.68 bits per heavy atom. The predicted molar refractivity (Wildman–Crippen MR) is 106 cm³/mol. The second-order valence-electron chi connectivity index (χ2n) is 7.97. The number of fused-ring (bicyclic) bond motifs is 1. The van der Waals surface area contributed by atoms with Gasteiger partial charge in [0, 0.05) is 49.6 Å². The Balaban J connectivity index is 1.45. The molecule has 2 aromatic rings. The van der Waals surface area contributed by atoms with E-state index in [-0.39, 0.29) is 17.0 Å². The molecule has 0 aliphatic carbocycles. The maximum Gasteiger partial charge on any atom is 0.264 e. The zero-order chi connectivity index (χ0) is 19.3. The number of ether oxygens (including phenoxy) is 1. The van der Waals surface area contributed by atoms with Crippen molar-refractivity contribution in [3.8, 4) is 0 Å². The van der Waals surface area contributed by atoms with Gasteiger partial charge in [-0.05, 0) is 25.0 Å². The summed E-state index contributed by atoms with van der Waals surface area (Å²) < 4.78 is 7.27. The van der Waals surface area contributed by atoms with Crippen LogP contribution in [0, 0.1) is 5.41 Å². The van der Waals surface area contributed by atoms with Crippen LogP contribution >= 0.6 is 0 Å². The molecule has 8 heteroatoms. The van der Waals surface area contributed by atoms with E-state index in [1.807, 2.05) is 12.1 Å². The lowest BCUT2D eigenvalue weighted by Gasteiger charge is -2.41. The van der Waals surface area contributed by atoms with Crippen molar-refractivity contribution in [2.24, 2.45) is 23.2 Å². The first-order chi connectivity index (χ1) is 13.6. The minimum atomic E-state index is -0.0470. The van der Waals surface area contributed by atoms with Crippen LogP contribution in [0.15, 0.2) is 34.3 Å². The summed E-state index contributed by atoms with van der Waals surface area (Å²) in [5, 5.41) is 0. The van der Waals surface area contributed by atoms with Crippen molar-refractivity contribution in [2.75, 3.05) is 31.2 Å². The van der Waals surface area contributed by atoms with E-state index in [0.29, 0.717) is 24.4 Å². The van der Waals surface area contributed by atoms with Gasteiger partial charge in [0.05, 0.1) is 36.7 Å². The standard InChI is InChI=1S/C20H24N6O2/c1-25-18(27)16-14(10-23-17(16)13-2-6-22-7-3-13)24-19(25)26-8-4-20(5-9-26)12-28-11-15(20)21/h2-3,6-7,15H,4-5,8-12,21H2,1H3/t15-/m1/s1. The molecule has 8 nitrogen and oxygen atoms in total. The largest absolute Gasteiger partial charge is 0.379 e. The second-order valence-corrected chi connectivity index (χ2v) is 7.97. The van der Waals surface area contributed by atoms with Crippen LogP contribution in [0.5, 0.6) is 0 Å². The fourth-order valence-electron chi connectivity index (χ4n) is 4.59. The molecule has 2 fully saturated rings. The Kier molecular flexibility index (Phi) is 4.06. The van der Waals surface area contributed by atoms with Crippen LogP contribution in [-0.4, -0.2) is 52.6 Å². The summed E-state index contributed by atoms with van der Waals surface area (Å²) in [5.41, 5.74) is 9.29. The molecule has 3 aliphatic heterocycles. The highest BCUT2D eigenvalue weighted by molar-refractivity contribution is 6.14. The third kappa shape index (κ3) is 2.59. The van der Waals surface area contributed by atoms with Gasteiger partial charge in [-0.3, -0.25) is 19.3 Å². The zero-order valence-corrected chi connectivity index (χ0v) is 16.0. The second kappa shape index (κ2) is 6.49. The van der Waals surface area contributed by atoms with Crippen LogP contribution in [-0.2, 0) is 18.3 Å². The van der Waals surface area contributed by atoms with Gasteiger partial charge < -0.3 is 15.4 Å². The highest BCUT2D eigenvalue weighted by Crippen LogP contribution is 2.39. The molecule has 5 heterocycles. The SMILES string of the molecule is Cn1c(N2CCC3(CC2)COC[C@H]3N)nc2c(c1=O)C(c1ccncc1)=NC2. The van der Waals surface area contributed by atoms with Crippen molar-refractivity contribution in [1.29, 1.82) is 0 Å². The number of piperidine rings is 1. The molecule has 5 rings (SSSR count). The topological polar surface area (TPSA) is 98.6 Å². The van der Waals surface area contributed by atoms with E-state index in [4.69, 9.17) is 15.5 Å². The maximum atomic E-state index is 13.2. The molecule has 3 aliphatic rings. The first-order valence-corrected chi connectivity index (χ1v) is 9.72. The monoisotopic (exact) mass is 380 g/mol. The zero-order valence-electron chi connectivity index (χ0n) is 16.0. The normalized spacial score (nSPS) is 23.1. The Bertz CT molecular complexity index is 992. The quantitative estimate of drug-likeness (QED) is 0.813. The van der Waals surface area contributed by atoms with Crippen molar-refractivity contribution in [2.45, 2.75) is 25.4 Å². The van der Waals surface area contributed by atoms with E-state index < -0.39 is 0 Å². The average molecular weight is 380 g/mol. The Morgan fingerprint density at radius 2 is 2.00 bits per heavy atom. The minimum absolute atomic E-state index is 0.0470. The van der Waals surface area contributed by atoms with Crippen molar-refractivity contribution >= 4 is 11.7 Å². The van der Waals surface area contributed by atoms with Crippen molar-refractivity contribution in [1.82, 2.24) is 14.5 Å². The molecule has 0 unspecified atom stereocenters. The van der Waals surface area contributed by atoms with Crippen LogP contribution in [0.25, 0.3) is 0 Å². The molecule has 2 N–H and O–H groups in total. The fraction of sp³-hybridized carbons (Fsp3) is 0.500. The number of nitrogens with two attached hydrogens (primary N) is 1. The number of rotatable bonds is 2. The lowest BCUT2D eigenvalue weighted by atomic mass is 9.75. The van der Waals surface area contributed by atoms with Crippen LogP contribution in [0.3, 0.4) is 0 Å². The van der Waals surface area contributed by atoms with Gasteiger partial charge in [0.1, 0.15) is 0 Å². The molecule has 2 aromatic heterocycles. The Morgan fingerprint density at radius 1 is 1.25 bits per heavy atom. The van der Waals surface area contributed by atoms with Gasteiger partial charge in [-0.15, -0.1) is 0 Å². The summed E-state index contributed by atoms with van der Waals surface area (Å²) >= 11 is 0. The molecule has 0 saturated carbocycles. The van der Waals surface area contributed by atoms with Crippen molar-refractivity contribution in [3.63, 3.8) is 0 Å². The van der Waals surface area contributed by atoms with Gasteiger partial charge in [0.15, 0.2) is 0 Å². The molecule has 1 spiro atoms. The Labute approximate surface area is 163 Å². The molecule has 0 bridgehead atoms. The molecule has 0 amide bonds. The minimum Gasteiger partial charge on any atom is -0.379 e. The van der Waals surface area contributed by atoms with Crippen molar-refractivity contribution in [3.05, 3.63) is 51.7 Å². The van der Waals surface area contributed by atoms with Gasteiger partial charge in [-0.2, -0.15) is 0 Å². The first kappa shape index (κ1) is 17.5. The number of anilines is 1. The fourth-order valence-corrected chi connectivity index (χ4v) is 4.59. The summed E-state index contributed by atoms with van der Waals surface area (Å²) in [7, 11) is 1.79. The maximum absolute atomic E-state index is 13.2. The average Bonchev–Trinajstić information content (AvgIpc) is 3.30.